The van der Waals surface area contributed by atoms with Gasteiger partial charge in [0.15, 0.2) is 0 Å². The Hall–Kier alpha value is -1.52. The molecule has 76 valence electrons. The van der Waals surface area contributed by atoms with Gasteiger partial charge in [0.05, 0.1) is 0 Å². The number of anilines is 2. The number of rotatable bonds is 3. The van der Waals surface area contributed by atoms with Crippen molar-refractivity contribution in [2.75, 3.05) is 17.6 Å². The Morgan fingerprint density at radius 3 is 3.00 bits per heavy atom. The van der Waals surface area contributed by atoms with Crippen LogP contribution >= 0.6 is 0 Å². The molecule has 0 bridgehead atoms. The smallest absolute Gasteiger partial charge is 0.256 e. The van der Waals surface area contributed by atoms with E-state index in [1.165, 1.54) is 23.5 Å². The first-order valence-electron chi connectivity index (χ1n) is 4.74. The number of hydrogen-bond acceptors (Lipinski definition) is 4. The predicted molar refractivity (Wildman–Crippen MR) is 55.1 cm³/mol. The summed E-state index contributed by atoms with van der Waals surface area (Å²) in [6.45, 7) is 0.888. The molecule has 0 unspecified atom stereocenters. The van der Waals surface area contributed by atoms with Crippen LogP contribution in [0.4, 0.5) is 11.8 Å². The van der Waals surface area contributed by atoms with E-state index in [2.05, 4.69) is 10.3 Å². The third kappa shape index (κ3) is 1.86. The number of nitrogens with zero attached hydrogens (tertiary/aromatic N) is 2. The molecule has 1 aromatic rings. The normalized spacial score (nSPS) is 15.5. The highest BCUT2D eigenvalue weighted by Gasteiger charge is 2.20. The Bertz CT molecular complexity index is 394. The predicted octanol–water partition coefficient (Wildman–Crippen LogP) is 0.184. The zero-order valence-corrected chi connectivity index (χ0v) is 8.16. The van der Waals surface area contributed by atoms with E-state index in [-0.39, 0.29) is 11.5 Å². The van der Waals surface area contributed by atoms with Gasteiger partial charge in [-0.25, -0.2) is 0 Å². The van der Waals surface area contributed by atoms with Gasteiger partial charge in [-0.3, -0.25) is 9.36 Å². The molecule has 0 saturated heterocycles. The molecule has 1 aliphatic rings. The van der Waals surface area contributed by atoms with Crippen LogP contribution in [-0.4, -0.2) is 16.1 Å². The van der Waals surface area contributed by atoms with Crippen LogP contribution in [-0.2, 0) is 7.05 Å². The Labute approximate surface area is 82.0 Å². The van der Waals surface area contributed by atoms with Gasteiger partial charge in [-0.05, 0) is 18.8 Å². The third-order valence-electron chi connectivity index (χ3n) is 2.44. The molecule has 5 nitrogen and oxygen atoms in total. The summed E-state index contributed by atoms with van der Waals surface area (Å²) in [7, 11) is 1.61. The first-order chi connectivity index (χ1) is 6.66. The quantitative estimate of drug-likeness (QED) is 0.720. The molecule has 5 heteroatoms. The van der Waals surface area contributed by atoms with E-state index >= 15 is 0 Å². The van der Waals surface area contributed by atoms with Gasteiger partial charge in [-0.1, -0.05) is 0 Å². The van der Waals surface area contributed by atoms with Crippen LogP contribution in [0.2, 0.25) is 0 Å². The molecular weight excluding hydrogens is 180 g/mol. The molecule has 1 heterocycles. The Morgan fingerprint density at radius 1 is 1.71 bits per heavy atom. The van der Waals surface area contributed by atoms with Crippen LogP contribution in [0, 0.1) is 5.92 Å². The summed E-state index contributed by atoms with van der Waals surface area (Å²) in [5.41, 5.74) is 5.43. The van der Waals surface area contributed by atoms with Crippen molar-refractivity contribution in [2.45, 2.75) is 12.8 Å². The second kappa shape index (κ2) is 3.32. The van der Waals surface area contributed by atoms with E-state index in [9.17, 15) is 4.79 Å². The van der Waals surface area contributed by atoms with Crippen molar-refractivity contribution in [1.82, 2.24) is 9.55 Å². The van der Waals surface area contributed by atoms with Crippen molar-refractivity contribution in [1.29, 1.82) is 0 Å². The van der Waals surface area contributed by atoms with E-state index in [0.717, 1.165) is 12.5 Å². The first-order valence-corrected chi connectivity index (χ1v) is 4.74. The molecule has 0 amide bonds. The maximum absolute atomic E-state index is 11.3. The zero-order valence-electron chi connectivity index (χ0n) is 8.16. The highest BCUT2D eigenvalue weighted by molar-refractivity contribution is 5.38. The molecule has 3 N–H and O–H groups in total. The lowest BCUT2D eigenvalue weighted by Crippen LogP contribution is -2.22. The van der Waals surface area contributed by atoms with Gasteiger partial charge in [0.25, 0.3) is 5.56 Å². The average Bonchev–Trinajstić information content (AvgIpc) is 2.94. The molecule has 0 atom stereocenters. The van der Waals surface area contributed by atoms with Gasteiger partial charge in [-0.2, -0.15) is 4.98 Å². The largest absolute Gasteiger partial charge is 0.370 e. The van der Waals surface area contributed by atoms with Gasteiger partial charge in [0.2, 0.25) is 5.95 Å². The molecule has 14 heavy (non-hydrogen) atoms. The monoisotopic (exact) mass is 194 g/mol. The maximum atomic E-state index is 11.3. The van der Waals surface area contributed by atoms with Crippen molar-refractivity contribution in [3.63, 3.8) is 0 Å². The lowest BCUT2D eigenvalue weighted by Gasteiger charge is -2.06. The van der Waals surface area contributed by atoms with Crippen LogP contribution in [0.15, 0.2) is 10.9 Å². The van der Waals surface area contributed by atoms with Crippen molar-refractivity contribution in [3.05, 3.63) is 16.4 Å². The summed E-state index contributed by atoms with van der Waals surface area (Å²) in [4.78, 5) is 15.4. The summed E-state index contributed by atoms with van der Waals surface area (Å²) < 4.78 is 1.32. The van der Waals surface area contributed by atoms with Crippen molar-refractivity contribution in [2.24, 2.45) is 13.0 Å². The minimum Gasteiger partial charge on any atom is -0.370 e. The summed E-state index contributed by atoms with van der Waals surface area (Å²) >= 11 is 0. The molecule has 1 aromatic heterocycles. The van der Waals surface area contributed by atoms with E-state index < -0.39 is 0 Å². The summed E-state index contributed by atoms with van der Waals surface area (Å²) in [5, 5.41) is 3.11. The lowest BCUT2D eigenvalue weighted by molar-refractivity contribution is 0.832. The molecular formula is C9H14N4O. The van der Waals surface area contributed by atoms with E-state index in [0.29, 0.717) is 5.82 Å². The SMILES string of the molecule is Cn1c(N)nc(NCC2CC2)cc1=O. The highest BCUT2D eigenvalue weighted by atomic mass is 16.1. The molecule has 1 saturated carbocycles. The number of aromatic nitrogens is 2. The fourth-order valence-electron chi connectivity index (χ4n) is 1.22. The second-order valence-corrected chi connectivity index (χ2v) is 3.72. The maximum Gasteiger partial charge on any atom is 0.256 e. The van der Waals surface area contributed by atoms with Crippen LogP contribution in [0.3, 0.4) is 0 Å². The summed E-state index contributed by atoms with van der Waals surface area (Å²) in [5.74, 6) is 1.58. The first kappa shape index (κ1) is 9.05. The summed E-state index contributed by atoms with van der Waals surface area (Å²) in [6, 6.07) is 1.47. The van der Waals surface area contributed by atoms with Gasteiger partial charge in [0.1, 0.15) is 5.82 Å². The van der Waals surface area contributed by atoms with Crippen LogP contribution in [0.1, 0.15) is 12.8 Å². The van der Waals surface area contributed by atoms with Crippen molar-refractivity contribution < 1.29 is 0 Å². The van der Waals surface area contributed by atoms with Crippen molar-refractivity contribution in [3.8, 4) is 0 Å². The fraction of sp³-hybridized carbons (Fsp3) is 0.556. The molecule has 2 rings (SSSR count). The fourth-order valence-corrected chi connectivity index (χ4v) is 1.22. The molecule has 1 aliphatic carbocycles. The second-order valence-electron chi connectivity index (χ2n) is 3.72. The third-order valence-corrected chi connectivity index (χ3v) is 2.44. The Morgan fingerprint density at radius 2 is 2.43 bits per heavy atom. The van der Waals surface area contributed by atoms with Gasteiger partial charge < -0.3 is 11.1 Å². The average molecular weight is 194 g/mol. The standard InChI is InChI=1S/C9H14N4O/c1-13-8(14)4-7(12-9(13)10)11-5-6-2-3-6/h4,6,11H,2-3,5H2,1H3,(H2,10,12). The number of nitrogens with two attached hydrogens (primary N) is 1. The number of hydrogen-bond donors (Lipinski definition) is 2. The molecule has 0 radical (unpaired) electrons. The highest BCUT2D eigenvalue weighted by Crippen LogP contribution is 2.28. The van der Waals surface area contributed by atoms with E-state index in [4.69, 9.17) is 5.73 Å². The molecule has 0 spiro atoms. The summed E-state index contributed by atoms with van der Waals surface area (Å²) in [6.07, 6.45) is 2.54. The van der Waals surface area contributed by atoms with Gasteiger partial charge in [-0.15, -0.1) is 0 Å². The number of nitrogens with one attached hydrogen (secondary N) is 1. The van der Waals surface area contributed by atoms with E-state index in [1.54, 1.807) is 7.05 Å². The van der Waals surface area contributed by atoms with Gasteiger partial charge >= 0.3 is 0 Å². The van der Waals surface area contributed by atoms with Crippen LogP contribution in [0.5, 0.6) is 0 Å². The Balaban J connectivity index is 2.13. The molecule has 0 aliphatic heterocycles. The lowest BCUT2D eigenvalue weighted by atomic mass is 10.4. The topological polar surface area (TPSA) is 72.9 Å². The van der Waals surface area contributed by atoms with Gasteiger partial charge in [0, 0.05) is 19.7 Å². The minimum atomic E-state index is -0.129. The number of nitrogen functional groups attached to an aromatic ring is 1. The molecule has 1 fully saturated rings. The Kier molecular flexibility index (Phi) is 2.15. The van der Waals surface area contributed by atoms with Crippen LogP contribution in [0.25, 0.3) is 0 Å². The molecule has 0 aromatic carbocycles. The minimum absolute atomic E-state index is 0.129. The van der Waals surface area contributed by atoms with Crippen molar-refractivity contribution >= 4 is 11.8 Å². The zero-order chi connectivity index (χ0) is 10.1. The van der Waals surface area contributed by atoms with Crippen LogP contribution < -0.4 is 16.6 Å². The van der Waals surface area contributed by atoms with E-state index in [1.807, 2.05) is 0 Å².